The lowest BCUT2D eigenvalue weighted by Crippen LogP contribution is -2.53. The molecule has 0 unspecified atom stereocenters. The third-order valence-electron chi connectivity index (χ3n) is 5.65. The number of hydrogen-bond acceptors (Lipinski definition) is 7. The monoisotopic (exact) mass is 532 g/mol. The minimum Gasteiger partial charge on any atom is -0.480 e. The summed E-state index contributed by atoms with van der Waals surface area (Å²) in [7, 11) is -4.10. The Balaban J connectivity index is 1.83. The number of primary sulfonamides is 1. The van der Waals surface area contributed by atoms with E-state index in [9.17, 15) is 37.8 Å². The van der Waals surface area contributed by atoms with E-state index < -0.39 is 51.9 Å². The van der Waals surface area contributed by atoms with Crippen molar-refractivity contribution in [3.8, 4) is 0 Å². The van der Waals surface area contributed by atoms with E-state index in [4.69, 9.17) is 16.7 Å². The molecule has 14 heteroatoms. The minimum absolute atomic E-state index is 0.0532. The first-order chi connectivity index (χ1) is 16.3. The van der Waals surface area contributed by atoms with Gasteiger partial charge in [0, 0.05) is 18.7 Å². The number of benzene rings is 1. The van der Waals surface area contributed by atoms with E-state index in [0.29, 0.717) is 32.2 Å². The molecule has 0 saturated carbocycles. The number of nitrogens with two attached hydrogens (primary N) is 1. The lowest BCUT2D eigenvalue weighted by atomic mass is 10.1. The highest BCUT2D eigenvalue weighted by atomic mass is 35.5. The van der Waals surface area contributed by atoms with Gasteiger partial charge in [0.05, 0.1) is 11.1 Å². The number of sulfonamides is 1. The number of carbonyl (C=O) groups is 4. The molecule has 35 heavy (non-hydrogen) atoms. The van der Waals surface area contributed by atoms with Gasteiger partial charge >= 0.3 is 11.9 Å². The van der Waals surface area contributed by atoms with Gasteiger partial charge in [-0.05, 0) is 57.2 Å². The van der Waals surface area contributed by atoms with Gasteiger partial charge in [0.15, 0.2) is 0 Å². The number of rotatable bonds is 12. The number of likely N-dealkylation sites (tertiary alicyclic amines) is 1. The molecule has 0 bridgehead atoms. The van der Waals surface area contributed by atoms with E-state index >= 15 is 0 Å². The van der Waals surface area contributed by atoms with Crippen LogP contribution >= 0.6 is 11.6 Å². The fourth-order valence-corrected chi connectivity index (χ4v) is 4.90. The van der Waals surface area contributed by atoms with E-state index in [1.807, 2.05) is 0 Å². The number of carboxylic acid groups (broad SMARTS) is 2. The molecule has 0 aromatic heterocycles. The second kappa shape index (κ2) is 12.3. The molecule has 1 aliphatic heterocycles. The Kier molecular flexibility index (Phi) is 10.0. The van der Waals surface area contributed by atoms with E-state index in [1.54, 1.807) is 0 Å². The molecule has 1 saturated heterocycles. The van der Waals surface area contributed by atoms with Gasteiger partial charge in [-0.25, -0.2) is 18.4 Å². The number of nitrogens with zero attached hydrogens (tertiary/aromatic N) is 1. The predicted molar refractivity (Wildman–Crippen MR) is 125 cm³/mol. The predicted octanol–water partition coefficient (Wildman–Crippen LogP) is 0.394. The maximum atomic E-state index is 12.6. The van der Waals surface area contributed by atoms with Crippen molar-refractivity contribution in [2.24, 2.45) is 5.14 Å². The first kappa shape index (κ1) is 28.5. The maximum absolute atomic E-state index is 12.6. The Labute approximate surface area is 207 Å². The topological polar surface area (TPSA) is 196 Å². The fraction of sp³-hybridized carbons (Fsp3) is 0.524. The molecule has 3 atom stereocenters. The highest BCUT2D eigenvalue weighted by Gasteiger charge is 2.36. The number of aliphatic carboxylic acids is 2. The summed E-state index contributed by atoms with van der Waals surface area (Å²) >= 11 is 5.80. The second-order valence-corrected chi connectivity index (χ2v) is 10.2. The molecule has 1 fully saturated rings. The van der Waals surface area contributed by atoms with Crippen LogP contribution in [0.15, 0.2) is 23.1 Å². The third-order valence-corrected chi connectivity index (χ3v) is 7.04. The van der Waals surface area contributed by atoms with Gasteiger partial charge in [-0.3, -0.25) is 19.7 Å². The lowest BCUT2D eigenvalue weighted by Gasteiger charge is -2.27. The molecule has 2 rings (SSSR count). The van der Waals surface area contributed by atoms with Gasteiger partial charge in [0.1, 0.15) is 17.0 Å². The second-order valence-electron chi connectivity index (χ2n) is 8.25. The molecule has 0 aliphatic carbocycles. The van der Waals surface area contributed by atoms with Crippen LogP contribution < -0.4 is 15.8 Å². The van der Waals surface area contributed by atoms with Crippen LogP contribution in [0.25, 0.3) is 0 Å². The fourth-order valence-electron chi connectivity index (χ4n) is 3.83. The summed E-state index contributed by atoms with van der Waals surface area (Å²) in [6.45, 7) is 2.00. The van der Waals surface area contributed by atoms with Gasteiger partial charge in [-0.15, -0.1) is 0 Å². The summed E-state index contributed by atoms with van der Waals surface area (Å²) < 4.78 is 23.1. The normalized spacial score (nSPS) is 17.6. The Bertz CT molecular complexity index is 1080. The molecule has 1 aromatic carbocycles. The van der Waals surface area contributed by atoms with Crippen LogP contribution in [0, 0.1) is 0 Å². The molecule has 0 radical (unpaired) electrons. The number of carboxylic acids is 2. The Morgan fingerprint density at radius 3 is 2.51 bits per heavy atom. The zero-order chi connectivity index (χ0) is 26.3. The summed E-state index contributed by atoms with van der Waals surface area (Å²) in [4.78, 5) is 48.7. The van der Waals surface area contributed by atoms with Crippen molar-refractivity contribution in [2.45, 2.75) is 62.0 Å². The Morgan fingerprint density at radius 2 is 1.91 bits per heavy atom. The van der Waals surface area contributed by atoms with Gasteiger partial charge in [0.2, 0.25) is 15.9 Å². The van der Waals surface area contributed by atoms with E-state index in [2.05, 4.69) is 10.6 Å². The third kappa shape index (κ3) is 7.88. The van der Waals surface area contributed by atoms with Crippen LogP contribution in [-0.2, 0) is 24.4 Å². The molecule has 1 aromatic rings. The Hall–Kier alpha value is -2.74. The van der Waals surface area contributed by atoms with Gasteiger partial charge in [-0.2, -0.15) is 0 Å². The zero-order valence-corrected chi connectivity index (χ0v) is 20.6. The lowest BCUT2D eigenvalue weighted by molar-refractivity contribution is -0.149. The van der Waals surface area contributed by atoms with Crippen LogP contribution in [0.5, 0.6) is 0 Å². The summed E-state index contributed by atoms with van der Waals surface area (Å²) in [6.07, 6.45) is 1.92. The molecule has 12 nitrogen and oxygen atoms in total. The summed E-state index contributed by atoms with van der Waals surface area (Å²) in [5.74, 6) is -3.24. The average Bonchev–Trinajstić information content (AvgIpc) is 3.26. The van der Waals surface area contributed by atoms with Crippen LogP contribution in [0.4, 0.5) is 0 Å². The van der Waals surface area contributed by atoms with Crippen LogP contribution in [0.1, 0.15) is 49.4 Å². The molecule has 1 heterocycles. The number of halogens is 1. The highest BCUT2D eigenvalue weighted by Crippen LogP contribution is 2.21. The van der Waals surface area contributed by atoms with Crippen molar-refractivity contribution in [1.29, 1.82) is 0 Å². The molecule has 1 aliphatic rings. The standard InChI is InChI=1S/C21H29ClN4O8S/c1-12(19(28)26-10-4-6-16(26)21(31)32)25-15(20(29)30)5-2-3-9-24-18(27)13-7-8-14(22)17(11-13)35(23,33)34/h7-8,11-12,15-16,25H,2-6,9-10H2,1H3,(H,24,27)(H,29,30)(H,31,32)(H2,23,33,34)/t12-,15+,16+/m1/s1. The minimum atomic E-state index is -4.10. The summed E-state index contributed by atoms with van der Waals surface area (Å²) in [5.41, 5.74) is 0.0532. The van der Waals surface area contributed by atoms with Crippen molar-refractivity contribution >= 4 is 45.4 Å². The van der Waals surface area contributed by atoms with E-state index in [-0.39, 0.29) is 28.4 Å². The number of carbonyl (C=O) groups excluding carboxylic acids is 2. The first-order valence-electron chi connectivity index (χ1n) is 11.0. The molecule has 6 N–H and O–H groups in total. The van der Waals surface area contributed by atoms with E-state index in [1.165, 1.54) is 24.0 Å². The molecule has 194 valence electrons. The van der Waals surface area contributed by atoms with Crippen molar-refractivity contribution in [3.05, 3.63) is 28.8 Å². The van der Waals surface area contributed by atoms with Gasteiger partial charge in [-0.1, -0.05) is 11.6 Å². The van der Waals surface area contributed by atoms with Crippen molar-refractivity contribution < 1.29 is 37.8 Å². The number of nitrogens with one attached hydrogen (secondary N) is 2. The Morgan fingerprint density at radius 1 is 1.23 bits per heavy atom. The highest BCUT2D eigenvalue weighted by molar-refractivity contribution is 7.89. The van der Waals surface area contributed by atoms with Gasteiger partial charge in [0.25, 0.3) is 5.91 Å². The van der Waals surface area contributed by atoms with Crippen LogP contribution in [0.3, 0.4) is 0 Å². The number of hydrogen-bond donors (Lipinski definition) is 5. The largest absolute Gasteiger partial charge is 0.480 e. The summed E-state index contributed by atoms with van der Waals surface area (Å²) in [6, 6.07) is 0.857. The average molecular weight is 533 g/mol. The van der Waals surface area contributed by atoms with Crippen molar-refractivity contribution in [3.63, 3.8) is 0 Å². The van der Waals surface area contributed by atoms with Crippen LogP contribution in [-0.4, -0.2) is 78.5 Å². The van der Waals surface area contributed by atoms with Gasteiger partial charge < -0.3 is 20.4 Å². The smallest absolute Gasteiger partial charge is 0.326 e. The number of amides is 2. The van der Waals surface area contributed by atoms with Crippen molar-refractivity contribution in [1.82, 2.24) is 15.5 Å². The molecule has 2 amide bonds. The van der Waals surface area contributed by atoms with E-state index in [0.717, 1.165) is 6.07 Å². The van der Waals surface area contributed by atoms with Crippen molar-refractivity contribution in [2.75, 3.05) is 13.1 Å². The molecular weight excluding hydrogens is 504 g/mol. The SMILES string of the molecule is C[C@@H](N[C@@H](CCCCNC(=O)c1ccc(Cl)c(S(N)(=O)=O)c1)C(=O)O)C(=O)N1CCC[C@H]1C(=O)O. The summed E-state index contributed by atoms with van der Waals surface area (Å²) in [5, 5.41) is 29.1. The first-order valence-corrected chi connectivity index (χ1v) is 12.9. The molecular formula is C21H29ClN4O8S. The molecule has 0 spiro atoms. The zero-order valence-electron chi connectivity index (χ0n) is 19.1. The quantitative estimate of drug-likeness (QED) is 0.236. The number of unbranched alkanes of at least 4 members (excludes halogenated alkanes) is 1. The maximum Gasteiger partial charge on any atom is 0.326 e. The van der Waals surface area contributed by atoms with Crippen LogP contribution in [0.2, 0.25) is 5.02 Å².